The normalized spacial score (nSPS) is 10.0. The van der Waals surface area contributed by atoms with Crippen molar-refractivity contribution in [2.45, 2.75) is 6.92 Å². The van der Waals surface area contributed by atoms with Crippen LogP contribution in [0.2, 0.25) is 0 Å². The second-order valence-electron chi connectivity index (χ2n) is 2.26. The maximum atomic E-state index is 10.2. The Labute approximate surface area is 88.5 Å². The third kappa shape index (κ3) is 7.31. The molecule has 5 nitrogen and oxygen atoms in total. The fraction of sp³-hybridized carbons (Fsp3) is 0.500. The van der Waals surface area contributed by atoms with Crippen molar-refractivity contribution in [1.29, 1.82) is 0 Å². The van der Waals surface area contributed by atoms with Crippen LogP contribution in [0, 0.1) is 22.0 Å². The van der Waals surface area contributed by atoms with Crippen molar-refractivity contribution >= 4 is 12.6 Å². The summed E-state index contributed by atoms with van der Waals surface area (Å²) in [5.41, 5.74) is 0. The molecule has 0 atom stereocenters. The molecule has 0 aliphatic rings. The Morgan fingerprint density at radius 2 is 2.36 bits per heavy atom. The van der Waals surface area contributed by atoms with E-state index in [1.165, 1.54) is 0 Å². The van der Waals surface area contributed by atoms with Crippen molar-refractivity contribution in [3.05, 3.63) is 22.1 Å². The van der Waals surface area contributed by atoms with E-state index in [9.17, 15) is 10.1 Å². The van der Waals surface area contributed by atoms with Crippen LogP contribution in [0.4, 0.5) is 0 Å². The van der Waals surface area contributed by atoms with Gasteiger partial charge in [-0.25, -0.2) is 0 Å². The summed E-state index contributed by atoms with van der Waals surface area (Å²) < 4.78 is 0. The lowest BCUT2D eigenvalue weighted by Crippen LogP contribution is -2.28. The molecule has 0 heterocycles. The summed E-state index contributed by atoms with van der Waals surface area (Å²) in [6.45, 7) is 2.66. The maximum Gasteiger partial charge on any atom is 0.274 e. The van der Waals surface area contributed by atoms with Crippen molar-refractivity contribution < 1.29 is 4.92 Å². The molecule has 6 heteroatoms. The van der Waals surface area contributed by atoms with Gasteiger partial charge < -0.3 is 10.6 Å². The third-order valence-electron chi connectivity index (χ3n) is 1.21. The average molecular weight is 215 g/mol. The van der Waals surface area contributed by atoms with Crippen LogP contribution in [0.15, 0.2) is 12.0 Å². The van der Waals surface area contributed by atoms with E-state index in [0.29, 0.717) is 24.7 Å². The Kier molecular flexibility index (Phi) is 7.46. The number of hydrogen-bond donors (Lipinski definition) is 3. The Balaban J connectivity index is 4.08. The number of nitrogens with one attached hydrogen (secondary N) is 2. The van der Waals surface area contributed by atoms with E-state index in [1.807, 2.05) is 0 Å². The van der Waals surface area contributed by atoms with Gasteiger partial charge in [0.1, 0.15) is 0 Å². The molecule has 0 radical (unpaired) electrons. The van der Waals surface area contributed by atoms with Gasteiger partial charge in [0.25, 0.3) is 6.20 Å². The highest BCUT2D eigenvalue weighted by atomic mass is 32.1. The van der Waals surface area contributed by atoms with Crippen molar-refractivity contribution in [3.63, 3.8) is 0 Å². The summed E-state index contributed by atoms with van der Waals surface area (Å²) in [7, 11) is 0. The molecule has 0 saturated heterocycles. The fourth-order valence-electron chi connectivity index (χ4n) is 0.678. The first-order chi connectivity index (χ1) is 6.70. The molecule has 14 heavy (non-hydrogen) atoms. The summed E-state index contributed by atoms with van der Waals surface area (Å²) >= 11 is 3.98. The minimum absolute atomic E-state index is 0.354. The number of hydrogen-bond acceptors (Lipinski definition) is 5. The highest BCUT2D eigenvalue weighted by molar-refractivity contribution is 7.80. The fourth-order valence-corrected chi connectivity index (χ4v) is 0.789. The standard InChI is InChI=1S/C8H13N3O2S/c1-2-3-4-9-8(7-11(12)13)10-5-6-14/h7,9-10,14H,4-6H2,1H3. The van der Waals surface area contributed by atoms with Gasteiger partial charge in [0.05, 0.1) is 11.5 Å². The number of nitro groups is 1. The lowest BCUT2D eigenvalue weighted by atomic mass is 10.5. The first-order valence-corrected chi connectivity index (χ1v) is 4.67. The zero-order chi connectivity index (χ0) is 10.8. The van der Waals surface area contributed by atoms with Gasteiger partial charge in [-0.3, -0.25) is 10.1 Å². The second-order valence-corrected chi connectivity index (χ2v) is 2.71. The molecule has 0 bridgehead atoms. The summed E-state index contributed by atoms with van der Waals surface area (Å²) in [5.74, 6) is 6.39. The molecule has 0 amide bonds. The van der Waals surface area contributed by atoms with Crippen LogP contribution in [0.1, 0.15) is 6.92 Å². The van der Waals surface area contributed by atoms with Crippen LogP contribution in [0.5, 0.6) is 0 Å². The number of thiol groups is 1. The van der Waals surface area contributed by atoms with Crippen LogP contribution in [-0.2, 0) is 0 Å². The average Bonchev–Trinajstić information content (AvgIpc) is 2.13. The molecule has 78 valence electrons. The highest BCUT2D eigenvalue weighted by Crippen LogP contribution is 1.84. The predicted molar refractivity (Wildman–Crippen MR) is 58.4 cm³/mol. The summed E-state index contributed by atoms with van der Waals surface area (Å²) in [6.07, 6.45) is 0.876. The van der Waals surface area contributed by atoms with Gasteiger partial charge in [0.15, 0.2) is 5.82 Å². The van der Waals surface area contributed by atoms with Crippen molar-refractivity contribution in [1.82, 2.24) is 10.6 Å². The molecule has 0 unspecified atom stereocenters. The predicted octanol–water partition coefficient (Wildman–Crippen LogP) is 0.194. The molecule has 0 aromatic carbocycles. The molecule has 0 aromatic rings. The summed E-state index contributed by atoms with van der Waals surface area (Å²) in [6, 6.07) is 0. The van der Waals surface area contributed by atoms with E-state index in [0.717, 1.165) is 6.20 Å². The third-order valence-corrected chi connectivity index (χ3v) is 1.43. The van der Waals surface area contributed by atoms with Gasteiger partial charge in [-0.2, -0.15) is 12.6 Å². The second kappa shape index (κ2) is 8.26. The molecule has 0 fully saturated rings. The van der Waals surface area contributed by atoms with E-state index in [1.54, 1.807) is 6.92 Å². The van der Waals surface area contributed by atoms with Crippen LogP contribution in [0.25, 0.3) is 0 Å². The van der Waals surface area contributed by atoms with Gasteiger partial charge in [0, 0.05) is 12.3 Å². The lowest BCUT2D eigenvalue weighted by molar-refractivity contribution is -0.404. The first-order valence-electron chi connectivity index (χ1n) is 4.04. The first kappa shape index (κ1) is 12.7. The van der Waals surface area contributed by atoms with Gasteiger partial charge >= 0.3 is 0 Å². The molecule has 0 aromatic heterocycles. The van der Waals surface area contributed by atoms with E-state index in [-0.39, 0.29) is 0 Å². The van der Waals surface area contributed by atoms with Crippen LogP contribution >= 0.6 is 12.6 Å². The van der Waals surface area contributed by atoms with Crippen LogP contribution in [0.3, 0.4) is 0 Å². The van der Waals surface area contributed by atoms with Gasteiger partial charge in [-0.15, -0.1) is 5.92 Å². The number of nitrogens with zero attached hydrogens (tertiary/aromatic N) is 1. The number of rotatable bonds is 6. The molecular formula is C8H13N3O2S. The minimum Gasteiger partial charge on any atom is -0.366 e. The SMILES string of the molecule is CC#CCNC(=C[N+](=O)[O-])NCCS. The maximum absolute atomic E-state index is 10.2. The van der Waals surface area contributed by atoms with Crippen LogP contribution in [-0.4, -0.2) is 23.8 Å². The molecule has 0 aliphatic carbocycles. The summed E-state index contributed by atoms with van der Waals surface area (Å²) in [5, 5.41) is 15.8. The monoisotopic (exact) mass is 215 g/mol. The van der Waals surface area contributed by atoms with E-state index < -0.39 is 4.92 Å². The largest absolute Gasteiger partial charge is 0.366 e. The lowest BCUT2D eigenvalue weighted by Gasteiger charge is -2.07. The smallest absolute Gasteiger partial charge is 0.274 e. The Bertz CT molecular complexity index is 267. The quantitative estimate of drug-likeness (QED) is 0.256. The Hall–Kier alpha value is -1.35. The van der Waals surface area contributed by atoms with E-state index in [2.05, 4.69) is 35.1 Å². The van der Waals surface area contributed by atoms with Crippen molar-refractivity contribution in [3.8, 4) is 11.8 Å². The Morgan fingerprint density at radius 1 is 1.64 bits per heavy atom. The molecule has 2 N–H and O–H groups in total. The van der Waals surface area contributed by atoms with Gasteiger partial charge in [0.2, 0.25) is 0 Å². The molecule has 0 rings (SSSR count). The zero-order valence-electron chi connectivity index (χ0n) is 7.91. The summed E-state index contributed by atoms with van der Waals surface area (Å²) in [4.78, 5) is 9.68. The highest BCUT2D eigenvalue weighted by Gasteiger charge is 1.99. The van der Waals surface area contributed by atoms with E-state index >= 15 is 0 Å². The van der Waals surface area contributed by atoms with Crippen molar-refractivity contribution in [2.24, 2.45) is 0 Å². The molecule has 0 spiro atoms. The van der Waals surface area contributed by atoms with Gasteiger partial charge in [-0.1, -0.05) is 5.92 Å². The molecule has 0 saturated carbocycles. The van der Waals surface area contributed by atoms with Crippen LogP contribution < -0.4 is 10.6 Å². The topological polar surface area (TPSA) is 67.2 Å². The molecular weight excluding hydrogens is 202 g/mol. The molecule has 0 aliphatic heterocycles. The minimum atomic E-state index is -0.521. The Morgan fingerprint density at radius 3 is 2.86 bits per heavy atom. The zero-order valence-corrected chi connectivity index (χ0v) is 8.80. The van der Waals surface area contributed by atoms with Crippen molar-refractivity contribution in [2.75, 3.05) is 18.8 Å². The van der Waals surface area contributed by atoms with Gasteiger partial charge in [-0.05, 0) is 6.92 Å². The van der Waals surface area contributed by atoms with E-state index in [4.69, 9.17) is 0 Å².